The fourth-order valence-electron chi connectivity index (χ4n) is 2.23. The maximum atomic E-state index is 11.4. The van der Waals surface area contributed by atoms with E-state index in [0.717, 1.165) is 28.1 Å². The van der Waals surface area contributed by atoms with Gasteiger partial charge >= 0.3 is 11.0 Å². The summed E-state index contributed by atoms with van der Waals surface area (Å²) < 4.78 is 110. The lowest BCUT2D eigenvalue weighted by Crippen LogP contribution is -2.41. The van der Waals surface area contributed by atoms with E-state index in [-0.39, 0.29) is 5.91 Å². The van der Waals surface area contributed by atoms with Crippen LogP contribution >= 0.6 is 0 Å². The van der Waals surface area contributed by atoms with E-state index in [4.69, 9.17) is 0 Å². The number of halogens is 6. The number of nitrogens with zero attached hydrogens (tertiary/aromatic N) is 2. The maximum Gasteiger partial charge on any atom is 0.480 e. The average molecular weight is 542 g/mol. The van der Waals surface area contributed by atoms with Gasteiger partial charge in [0.1, 0.15) is 6.54 Å². The van der Waals surface area contributed by atoms with Gasteiger partial charge < -0.3 is 13.9 Å². The molecule has 0 fully saturated rings. The molecule has 0 unspecified atom stereocenters. The first-order valence-corrected chi connectivity index (χ1v) is 12.2. The Labute approximate surface area is 194 Å². The molecule has 0 bridgehead atoms. The molecular weight excluding hydrogens is 516 g/mol. The van der Waals surface area contributed by atoms with Crippen molar-refractivity contribution in [3.05, 3.63) is 52.2 Å². The molecule has 1 N–H and O–H groups in total. The number of benzene rings is 1. The maximum absolute atomic E-state index is 11.4. The molecule has 0 saturated carbocycles. The van der Waals surface area contributed by atoms with E-state index in [1.54, 1.807) is 6.92 Å². The predicted octanol–water partition coefficient (Wildman–Crippen LogP) is 3.40. The van der Waals surface area contributed by atoms with E-state index in [9.17, 15) is 48.0 Å². The molecule has 0 aliphatic rings. The zero-order chi connectivity index (χ0) is 27.0. The molecule has 0 heterocycles. The second-order valence-corrected chi connectivity index (χ2v) is 11.0. The Morgan fingerprint density at radius 2 is 1.41 bits per heavy atom. The monoisotopic (exact) mass is 541 g/mol. The van der Waals surface area contributed by atoms with Crippen molar-refractivity contribution >= 4 is 26.0 Å². The van der Waals surface area contributed by atoms with Crippen LogP contribution in [0.4, 0.5) is 26.3 Å². The first kappa shape index (κ1) is 31.8. The molecule has 1 rings (SSSR count). The summed E-state index contributed by atoms with van der Waals surface area (Å²) in [6, 6.07) is 10.5. The van der Waals surface area contributed by atoms with Crippen LogP contribution in [0.1, 0.15) is 18.9 Å². The van der Waals surface area contributed by atoms with Crippen LogP contribution in [0, 0.1) is 0 Å². The van der Waals surface area contributed by atoms with Gasteiger partial charge in [-0.1, -0.05) is 36.9 Å². The standard InChI is InChI=1S/C16H24N2O.C2F6NO4S2/c1-14(2)16(19)17-11-8-12-18(3,4)13-15-9-6-5-7-10-15;3-1(4,5)14(10,11)9-15(12,13)2(6,7)8/h5-7,9-10H,1,8,11-13H2,2-4H3;/q;-1/p+1. The highest BCUT2D eigenvalue weighted by atomic mass is 32.3. The third-order valence-corrected chi connectivity index (χ3v) is 6.59. The molecule has 0 spiro atoms. The highest BCUT2D eigenvalue weighted by molar-refractivity contribution is 8.13. The Bertz CT molecular complexity index is 996. The van der Waals surface area contributed by atoms with Crippen LogP contribution in [0.5, 0.6) is 0 Å². The molecule has 0 radical (unpaired) electrons. The summed E-state index contributed by atoms with van der Waals surface area (Å²) in [5.41, 5.74) is -10.5. The Morgan fingerprint density at radius 3 is 1.79 bits per heavy atom. The molecule has 0 aromatic heterocycles. The topological polar surface area (TPSA) is 111 Å². The van der Waals surface area contributed by atoms with Crippen molar-refractivity contribution in [3.8, 4) is 0 Å². The fraction of sp³-hybridized carbons (Fsp3) is 0.500. The summed E-state index contributed by atoms with van der Waals surface area (Å²) in [5.74, 6) is -0.0478. The van der Waals surface area contributed by atoms with Crippen molar-refractivity contribution in [2.45, 2.75) is 30.9 Å². The SMILES string of the molecule is C=C(C)C(=O)NCCC[N+](C)(C)Cc1ccccc1.O=S(=O)([N-]S(=O)(=O)C(F)(F)F)C(F)(F)F. The summed E-state index contributed by atoms with van der Waals surface area (Å²) in [6.07, 6.45) is 0.971. The fourth-order valence-corrected chi connectivity index (χ4v) is 3.94. The van der Waals surface area contributed by atoms with Gasteiger partial charge in [0.25, 0.3) is 0 Å². The van der Waals surface area contributed by atoms with Gasteiger partial charge in [0.05, 0.1) is 20.6 Å². The van der Waals surface area contributed by atoms with E-state index in [2.05, 4.69) is 50.3 Å². The number of rotatable bonds is 9. The summed E-state index contributed by atoms with van der Waals surface area (Å²) in [5, 5.41) is 2.87. The highest BCUT2D eigenvalue weighted by Gasteiger charge is 2.46. The van der Waals surface area contributed by atoms with Crippen molar-refractivity contribution in [3.63, 3.8) is 0 Å². The largest absolute Gasteiger partial charge is 0.480 e. The number of quaternary nitrogens is 1. The molecule has 0 saturated heterocycles. The van der Waals surface area contributed by atoms with Crippen LogP contribution in [-0.4, -0.2) is 65.4 Å². The number of nitrogens with one attached hydrogen (secondary N) is 1. The van der Waals surface area contributed by atoms with Gasteiger partial charge in [0.15, 0.2) is 20.0 Å². The van der Waals surface area contributed by atoms with Crippen molar-refractivity contribution in [1.82, 2.24) is 5.32 Å². The third-order valence-electron chi connectivity index (χ3n) is 3.85. The minimum Gasteiger partial charge on any atom is -0.421 e. The lowest BCUT2D eigenvalue weighted by molar-refractivity contribution is -0.903. The molecular formula is C18H25F6N3O5S2. The predicted molar refractivity (Wildman–Crippen MR) is 113 cm³/mol. The van der Waals surface area contributed by atoms with Gasteiger partial charge in [-0.25, -0.2) is 16.8 Å². The molecule has 0 atom stereocenters. The number of amides is 1. The van der Waals surface area contributed by atoms with Gasteiger partial charge in [-0.05, 0) is 6.92 Å². The van der Waals surface area contributed by atoms with Gasteiger partial charge in [0.2, 0.25) is 5.91 Å². The second kappa shape index (κ2) is 12.0. The number of carbonyl (C=O) groups excluding carboxylic acids is 1. The van der Waals surface area contributed by atoms with Gasteiger partial charge in [-0.3, -0.25) is 4.79 Å². The number of carbonyl (C=O) groups is 1. The van der Waals surface area contributed by atoms with Crippen LogP contribution in [-0.2, 0) is 31.4 Å². The summed E-state index contributed by atoms with van der Waals surface area (Å²) in [7, 11) is -9.01. The summed E-state index contributed by atoms with van der Waals surface area (Å²) in [4.78, 5) is 11.3. The van der Waals surface area contributed by atoms with E-state index in [1.807, 2.05) is 6.07 Å². The zero-order valence-electron chi connectivity index (χ0n) is 18.4. The minimum absolute atomic E-state index is 0.0478. The van der Waals surface area contributed by atoms with E-state index >= 15 is 0 Å². The second-order valence-electron chi connectivity index (χ2n) is 7.61. The molecule has 0 aliphatic heterocycles. The Balaban J connectivity index is 0.000000661. The lowest BCUT2D eigenvalue weighted by Gasteiger charge is -2.30. The smallest absolute Gasteiger partial charge is 0.421 e. The van der Waals surface area contributed by atoms with Crippen molar-refractivity contribution < 1.29 is 52.5 Å². The zero-order valence-corrected chi connectivity index (χ0v) is 20.1. The van der Waals surface area contributed by atoms with Crippen LogP contribution in [0.15, 0.2) is 42.5 Å². The third kappa shape index (κ3) is 11.3. The van der Waals surface area contributed by atoms with E-state index in [0.29, 0.717) is 12.1 Å². The molecule has 34 heavy (non-hydrogen) atoms. The number of hydrogen-bond acceptors (Lipinski definition) is 5. The van der Waals surface area contributed by atoms with Crippen molar-refractivity contribution in [2.75, 3.05) is 27.2 Å². The average Bonchev–Trinajstić information content (AvgIpc) is 2.63. The first-order valence-electron chi connectivity index (χ1n) is 9.28. The number of alkyl halides is 6. The minimum atomic E-state index is -6.72. The molecule has 1 aromatic carbocycles. The lowest BCUT2D eigenvalue weighted by atomic mass is 10.2. The molecule has 16 heteroatoms. The van der Waals surface area contributed by atoms with Crippen LogP contribution < -0.4 is 5.32 Å². The highest BCUT2D eigenvalue weighted by Crippen LogP contribution is 2.36. The quantitative estimate of drug-likeness (QED) is 0.223. The number of sulfonamides is 2. The Hall–Kier alpha value is -2.17. The molecule has 1 amide bonds. The van der Waals surface area contributed by atoms with E-state index < -0.39 is 31.1 Å². The molecule has 8 nitrogen and oxygen atoms in total. The molecule has 1 aromatic rings. The number of hydrogen-bond donors (Lipinski definition) is 1. The van der Waals surface area contributed by atoms with Crippen molar-refractivity contribution in [1.29, 1.82) is 0 Å². The molecule has 196 valence electrons. The first-order chi connectivity index (χ1) is 15.1. The molecule has 0 aliphatic carbocycles. The van der Waals surface area contributed by atoms with Gasteiger partial charge in [0, 0.05) is 24.1 Å². The van der Waals surface area contributed by atoms with E-state index in [1.165, 1.54) is 5.56 Å². The summed E-state index contributed by atoms with van der Waals surface area (Å²) in [6.45, 7) is 8.10. The normalized spacial score (nSPS) is 13.0. The summed E-state index contributed by atoms with van der Waals surface area (Å²) >= 11 is 0. The van der Waals surface area contributed by atoms with Crippen molar-refractivity contribution in [2.24, 2.45) is 0 Å². The van der Waals surface area contributed by atoms with Crippen LogP contribution in [0.2, 0.25) is 0 Å². The Kier molecular flexibility index (Phi) is 11.2. The van der Waals surface area contributed by atoms with Gasteiger partial charge in [-0.15, -0.1) is 0 Å². The van der Waals surface area contributed by atoms with Gasteiger partial charge in [-0.2, -0.15) is 26.3 Å². The van der Waals surface area contributed by atoms with Crippen LogP contribution in [0.3, 0.4) is 0 Å². The Morgan fingerprint density at radius 1 is 0.971 bits per heavy atom. The van der Waals surface area contributed by atoms with Crippen LogP contribution in [0.25, 0.3) is 4.13 Å².